The van der Waals surface area contributed by atoms with E-state index in [4.69, 9.17) is 0 Å². The van der Waals surface area contributed by atoms with E-state index in [1.54, 1.807) is 0 Å². The Balaban J connectivity index is 1.84. The lowest BCUT2D eigenvalue weighted by atomic mass is 10.1. The van der Waals surface area contributed by atoms with E-state index in [1.165, 1.54) is 37.3 Å². The fraction of sp³-hybridized carbons (Fsp3) is 0.625. The van der Waals surface area contributed by atoms with E-state index < -0.39 is 0 Å². The topological polar surface area (TPSA) is 18.5 Å². The van der Waals surface area contributed by atoms with Gasteiger partial charge in [0.25, 0.3) is 0 Å². The molecule has 0 bridgehead atoms. The van der Waals surface area contributed by atoms with Crippen LogP contribution in [0.2, 0.25) is 0 Å². The molecule has 0 spiro atoms. The molecule has 1 aromatic rings. The third kappa shape index (κ3) is 4.22. The second-order valence-electron chi connectivity index (χ2n) is 5.26. The summed E-state index contributed by atoms with van der Waals surface area (Å²) >= 11 is 0. The molecule has 3 nitrogen and oxygen atoms in total. The van der Waals surface area contributed by atoms with Gasteiger partial charge in [-0.1, -0.05) is 26.0 Å². The number of rotatable bonds is 6. The van der Waals surface area contributed by atoms with E-state index in [0.717, 1.165) is 26.2 Å². The van der Waals surface area contributed by atoms with Gasteiger partial charge in [-0.05, 0) is 37.2 Å². The summed E-state index contributed by atoms with van der Waals surface area (Å²) in [5.74, 6) is 0. The van der Waals surface area contributed by atoms with Crippen LogP contribution in [0.3, 0.4) is 0 Å². The number of hydrogen-bond donors (Lipinski definition) is 1. The number of hydrogen-bond acceptors (Lipinski definition) is 3. The molecule has 1 saturated heterocycles. The first-order chi connectivity index (χ1) is 9.33. The lowest BCUT2D eigenvalue weighted by Crippen LogP contribution is -2.46. The molecule has 0 saturated carbocycles. The van der Waals surface area contributed by atoms with Crippen LogP contribution in [-0.2, 0) is 6.54 Å². The zero-order valence-electron chi connectivity index (χ0n) is 12.4. The molecule has 19 heavy (non-hydrogen) atoms. The lowest BCUT2D eigenvalue weighted by molar-refractivity contribution is 0.271. The fourth-order valence-corrected chi connectivity index (χ4v) is 2.56. The monoisotopic (exact) mass is 261 g/mol. The Bertz CT molecular complexity index is 353. The molecule has 1 aliphatic heterocycles. The number of nitrogens with one attached hydrogen (secondary N) is 1. The molecule has 3 heteroatoms. The zero-order valence-corrected chi connectivity index (χ0v) is 12.4. The summed E-state index contributed by atoms with van der Waals surface area (Å²) < 4.78 is 0. The normalized spacial score (nSPS) is 16.8. The van der Waals surface area contributed by atoms with Crippen molar-refractivity contribution in [2.24, 2.45) is 0 Å². The van der Waals surface area contributed by atoms with Crippen molar-refractivity contribution in [2.45, 2.75) is 26.8 Å². The van der Waals surface area contributed by atoms with E-state index >= 15 is 0 Å². The molecular weight excluding hydrogens is 234 g/mol. The maximum Gasteiger partial charge on any atom is 0.0367 e. The Morgan fingerprint density at radius 3 is 2.26 bits per heavy atom. The molecule has 1 heterocycles. The summed E-state index contributed by atoms with van der Waals surface area (Å²) in [4.78, 5) is 5.01. The molecule has 1 N–H and O–H groups in total. The van der Waals surface area contributed by atoms with Crippen molar-refractivity contribution < 1.29 is 0 Å². The van der Waals surface area contributed by atoms with Crippen molar-refractivity contribution in [3.8, 4) is 0 Å². The second-order valence-corrected chi connectivity index (χ2v) is 5.26. The zero-order chi connectivity index (χ0) is 13.5. The Labute approximate surface area is 117 Å². The predicted molar refractivity (Wildman–Crippen MR) is 82.8 cm³/mol. The van der Waals surface area contributed by atoms with Crippen LogP contribution in [0.15, 0.2) is 24.3 Å². The molecule has 0 aliphatic carbocycles. The van der Waals surface area contributed by atoms with E-state index in [-0.39, 0.29) is 0 Å². The quantitative estimate of drug-likeness (QED) is 0.793. The SMILES string of the molecule is CCCNCc1ccc(N2CCN(CC)CC2)cc1. The number of anilines is 1. The molecule has 0 unspecified atom stereocenters. The summed E-state index contributed by atoms with van der Waals surface area (Å²) in [6.45, 7) is 12.4. The van der Waals surface area contributed by atoms with Crippen molar-refractivity contribution in [1.29, 1.82) is 0 Å². The van der Waals surface area contributed by atoms with Crippen LogP contribution in [0.1, 0.15) is 25.8 Å². The summed E-state index contributed by atoms with van der Waals surface area (Å²) in [6.07, 6.45) is 1.19. The summed E-state index contributed by atoms with van der Waals surface area (Å²) in [7, 11) is 0. The maximum absolute atomic E-state index is 3.44. The molecule has 0 aromatic heterocycles. The minimum absolute atomic E-state index is 0.984. The van der Waals surface area contributed by atoms with E-state index in [1.807, 2.05) is 0 Å². The summed E-state index contributed by atoms with van der Waals surface area (Å²) in [5, 5.41) is 3.44. The number of likely N-dealkylation sites (N-methyl/N-ethyl adjacent to an activating group) is 1. The van der Waals surface area contributed by atoms with Gasteiger partial charge in [0.1, 0.15) is 0 Å². The van der Waals surface area contributed by atoms with Crippen molar-refractivity contribution in [3.05, 3.63) is 29.8 Å². The van der Waals surface area contributed by atoms with Gasteiger partial charge >= 0.3 is 0 Å². The lowest BCUT2D eigenvalue weighted by Gasteiger charge is -2.35. The molecule has 2 rings (SSSR count). The molecule has 0 radical (unpaired) electrons. The van der Waals surface area contributed by atoms with Crippen molar-refractivity contribution in [1.82, 2.24) is 10.2 Å². The summed E-state index contributed by atoms with van der Waals surface area (Å²) in [5.41, 5.74) is 2.75. The fourth-order valence-electron chi connectivity index (χ4n) is 2.56. The highest BCUT2D eigenvalue weighted by Gasteiger charge is 2.15. The van der Waals surface area contributed by atoms with Crippen LogP contribution >= 0.6 is 0 Å². The molecule has 1 aliphatic rings. The van der Waals surface area contributed by atoms with Gasteiger partial charge in [-0.3, -0.25) is 0 Å². The van der Waals surface area contributed by atoms with Gasteiger partial charge in [0.15, 0.2) is 0 Å². The van der Waals surface area contributed by atoms with Crippen molar-refractivity contribution in [2.75, 3.05) is 44.2 Å². The number of nitrogens with zero attached hydrogens (tertiary/aromatic N) is 2. The average molecular weight is 261 g/mol. The first-order valence-corrected chi connectivity index (χ1v) is 7.60. The highest BCUT2D eigenvalue weighted by Crippen LogP contribution is 2.17. The van der Waals surface area contributed by atoms with Crippen LogP contribution in [0, 0.1) is 0 Å². The molecule has 1 aromatic carbocycles. The van der Waals surface area contributed by atoms with Crippen LogP contribution in [0.5, 0.6) is 0 Å². The second kappa shape index (κ2) is 7.51. The van der Waals surface area contributed by atoms with Gasteiger partial charge in [-0.15, -0.1) is 0 Å². The van der Waals surface area contributed by atoms with Crippen molar-refractivity contribution in [3.63, 3.8) is 0 Å². The molecule has 0 amide bonds. The van der Waals surface area contributed by atoms with Gasteiger partial charge in [0, 0.05) is 38.4 Å². The van der Waals surface area contributed by atoms with Gasteiger partial charge in [0.05, 0.1) is 0 Å². The highest BCUT2D eigenvalue weighted by molar-refractivity contribution is 5.48. The van der Waals surface area contributed by atoms with Crippen LogP contribution in [-0.4, -0.2) is 44.2 Å². The maximum atomic E-state index is 3.44. The Morgan fingerprint density at radius 1 is 1.00 bits per heavy atom. The predicted octanol–water partition coefficient (Wildman–Crippen LogP) is 2.33. The third-order valence-electron chi connectivity index (χ3n) is 3.88. The smallest absolute Gasteiger partial charge is 0.0367 e. The van der Waals surface area contributed by atoms with Crippen LogP contribution in [0.25, 0.3) is 0 Å². The average Bonchev–Trinajstić information content (AvgIpc) is 2.48. The van der Waals surface area contributed by atoms with Crippen LogP contribution in [0.4, 0.5) is 5.69 Å². The molecule has 0 atom stereocenters. The first kappa shape index (κ1) is 14.4. The molecular formula is C16H27N3. The van der Waals surface area contributed by atoms with E-state index in [0.29, 0.717) is 0 Å². The van der Waals surface area contributed by atoms with Gasteiger partial charge in [-0.2, -0.15) is 0 Å². The minimum atomic E-state index is 0.984. The van der Waals surface area contributed by atoms with E-state index in [2.05, 4.69) is 53.2 Å². The van der Waals surface area contributed by atoms with Gasteiger partial charge in [-0.25, -0.2) is 0 Å². The first-order valence-electron chi connectivity index (χ1n) is 7.60. The Kier molecular flexibility index (Phi) is 5.67. The Hall–Kier alpha value is -1.06. The Morgan fingerprint density at radius 2 is 1.68 bits per heavy atom. The summed E-state index contributed by atoms with van der Waals surface area (Å²) in [6, 6.07) is 9.05. The highest BCUT2D eigenvalue weighted by atomic mass is 15.3. The van der Waals surface area contributed by atoms with Crippen molar-refractivity contribution >= 4 is 5.69 Å². The number of piperazine rings is 1. The van der Waals surface area contributed by atoms with Crippen LogP contribution < -0.4 is 10.2 Å². The number of benzene rings is 1. The third-order valence-corrected chi connectivity index (χ3v) is 3.88. The van der Waals surface area contributed by atoms with E-state index in [9.17, 15) is 0 Å². The minimum Gasteiger partial charge on any atom is -0.369 e. The largest absolute Gasteiger partial charge is 0.369 e. The standard InChI is InChI=1S/C16H27N3/c1-3-9-17-14-15-5-7-16(8-6-15)19-12-10-18(4-2)11-13-19/h5-8,17H,3-4,9-14H2,1-2H3. The molecule has 106 valence electrons. The molecule has 1 fully saturated rings. The van der Waals surface area contributed by atoms with Gasteiger partial charge in [0.2, 0.25) is 0 Å². The van der Waals surface area contributed by atoms with Gasteiger partial charge < -0.3 is 15.1 Å².